The van der Waals surface area contributed by atoms with Crippen LogP contribution in [0.3, 0.4) is 0 Å². The molecule has 3 rings (SSSR count). The molecular weight excluding hydrogens is 375 g/mol. The Morgan fingerprint density at radius 2 is 1.93 bits per heavy atom. The quantitative estimate of drug-likeness (QED) is 0.335. The Morgan fingerprint density at radius 3 is 2.55 bits per heavy atom. The van der Waals surface area contributed by atoms with E-state index < -0.39 is 11.7 Å². The molecule has 2 N–H and O–H groups in total. The van der Waals surface area contributed by atoms with E-state index in [2.05, 4.69) is 15.3 Å². The lowest BCUT2D eigenvalue weighted by Crippen LogP contribution is -2.38. The van der Waals surface area contributed by atoms with E-state index in [1.807, 2.05) is 6.92 Å². The number of aromatic nitrogens is 2. The number of carbonyl (C=O) groups is 2. The Kier molecular flexibility index (Phi) is 7.52. The molecule has 2 saturated carbocycles. The van der Waals surface area contributed by atoms with Crippen LogP contribution in [0.5, 0.6) is 0 Å². The van der Waals surface area contributed by atoms with Gasteiger partial charge in [-0.25, -0.2) is 19.4 Å². The summed E-state index contributed by atoms with van der Waals surface area (Å²) in [5.74, 6) is 0.238. The van der Waals surface area contributed by atoms with Gasteiger partial charge in [-0.1, -0.05) is 32.6 Å². The largest absolute Gasteiger partial charge is 0.350 e. The van der Waals surface area contributed by atoms with Gasteiger partial charge in [0, 0.05) is 6.42 Å². The lowest BCUT2D eigenvalue weighted by atomic mass is 9.92. The van der Waals surface area contributed by atoms with Gasteiger partial charge in [0.1, 0.15) is 5.82 Å². The predicted octanol–water partition coefficient (Wildman–Crippen LogP) is 2.79. The summed E-state index contributed by atoms with van der Waals surface area (Å²) in [6.07, 6.45) is 8.74. The van der Waals surface area contributed by atoms with Gasteiger partial charge in [-0.2, -0.15) is 0 Å². The van der Waals surface area contributed by atoms with Gasteiger partial charge in [0.2, 0.25) is 12.3 Å². The van der Waals surface area contributed by atoms with E-state index in [0.29, 0.717) is 54.1 Å². The van der Waals surface area contributed by atoms with E-state index in [-0.39, 0.29) is 24.7 Å². The van der Waals surface area contributed by atoms with E-state index in [4.69, 9.17) is 0 Å². The molecule has 0 unspecified atom stereocenters. The number of aryl methyl sites for hydroxylation is 1. The zero-order chi connectivity index (χ0) is 20.8. The SMILES string of the molecule is CCc1nc(CNC(=O)[C@H](CC2CCCC2)CN(O)C=O)c(F)c(CC2CC2)n1. The number of nitrogens with one attached hydrogen (secondary N) is 1. The summed E-state index contributed by atoms with van der Waals surface area (Å²) in [7, 11) is 0. The Morgan fingerprint density at radius 1 is 1.24 bits per heavy atom. The number of carbonyl (C=O) groups excluding carboxylic acids is 2. The fraction of sp³-hybridized carbons (Fsp3) is 0.714. The highest BCUT2D eigenvalue weighted by Gasteiger charge is 2.28. The summed E-state index contributed by atoms with van der Waals surface area (Å²) in [5.41, 5.74) is 0.644. The Bertz CT molecular complexity index is 720. The van der Waals surface area contributed by atoms with Crippen molar-refractivity contribution in [2.24, 2.45) is 17.8 Å². The monoisotopic (exact) mass is 406 g/mol. The first-order chi connectivity index (χ1) is 14.0. The maximum Gasteiger partial charge on any atom is 0.233 e. The van der Waals surface area contributed by atoms with E-state index in [1.165, 1.54) is 0 Å². The minimum atomic E-state index is -0.533. The number of amides is 2. The van der Waals surface area contributed by atoms with Crippen molar-refractivity contribution in [3.63, 3.8) is 0 Å². The number of hydrogen-bond acceptors (Lipinski definition) is 5. The standard InChI is InChI=1S/C21H31FN4O3/c1-2-19-24-17(10-15-7-8-15)20(22)18(25-19)11-23-21(28)16(12-26(29)13-27)9-14-5-3-4-6-14/h13-16,29H,2-12H2,1H3,(H,23,28)/t16-/m1/s1. The molecule has 1 atom stereocenters. The van der Waals surface area contributed by atoms with Gasteiger partial charge in [-0.05, 0) is 37.5 Å². The molecule has 2 fully saturated rings. The average Bonchev–Trinajstić information content (AvgIpc) is 3.39. The van der Waals surface area contributed by atoms with Crippen molar-refractivity contribution < 1.29 is 19.2 Å². The molecule has 1 aromatic rings. The fourth-order valence-electron chi connectivity index (χ4n) is 4.10. The first kappa shape index (κ1) is 21.6. The second-order valence-corrected chi connectivity index (χ2v) is 8.38. The van der Waals surface area contributed by atoms with Crippen molar-refractivity contribution in [2.75, 3.05) is 6.54 Å². The van der Waals surface area contributed by atoms with Crippen LogP contribution in [0.25, 0.3) is 0 Å². The third-order valence-electron chi connectivity index (χ3n) is 5.95. The maximum atomic E-state index is 14.8. The van der Waals surface area contributed by atoms with Gasteiger partial charge < -0.3 is 5.32 Å². The third kappa shape index (κ3) is 6.19. The van der Waals surface area contributed by atoms with E-state index in [1.54, 1.807) is 0 Å². The van der Waals surface area contributed by atoms with Crippen molar-refractivity contribution in [1.29, 1.82) is 0 Å². The second-order valence-electron chi connectivity index (χ2n) is 8.38. The summed E-state index contributed by atoms with van der Waals surface area (Å²) in [4.78, 5) is 32.2. The van der Waals surface area contributed by atoms with Gasteiger partial charge >= 0.3 is 0 Å². The topological polar surface area (TPSA) is 95.4 Å². The lowest BCUT2D eigenvalue weighted by Gasteiger charge is -2.22. The molecular formula is C21H31FN4O3. The molecule has 2 aliphatic carbocycles. The van der Waals surface area contributed by atoms with E-state index >= 15 is 0 Å². The van der Waals surface area contributed by atoms with Crippen LogP contribution >= 0.6 is 0 Å². The third-order valence-corrected chi connectivity index (χ3v) is 5.95. The van der Waals surface area contributed by atoms with Gasteiger partial charge in [0.05, 0.1) is 30.4 Å². The maximum absolute atomic E-state index is 14.8. The highest BCUT2D eigenvalue weighted by atomic mass is 19.1. The Hall–Kier alpha value is -2.09. The van der Waals surface area contributed by atoms with Crippen molar-refractivity contribution in [1.82, 2.24) is 20.3 Å². The van der Waals surface area contributed by atoms with Crippen LogP contribution in [0.15, 0.2) is 0 Å². The highest BCUT2D eigenvalue weighted by molar-refractivity contribution is 5.79. The number of nitrogens with zero attached hydrogens (tertiary/aromatic N) is 3. The zero-order valence-electron chi connectivity index (χ0n) is 17.1. The molecule has 2 aliphatic rings. The first-order valence-corrected chi connectivity index (χ1v) is 10.7. The van der Waals surface area contributed by atoms with Crippen molar-refractivity contribution >= 4 is 12.3 Å². The Labute approximate surface area is 171 Å². The molecule has 1 aromatic heterocycles. The fourth-order valence-corrected chi connectivity index (χ4v) is 4.10. The predicted molar refractivity (Wildman–Crippen MR) is 104 cm³/mol. The van der Waals surface area contributed by atoms with E-state index in [9.17, 15) is 19.2 Å². The van der Waals surface area contributed by atoms with Crippen LogP contribution in [-0.4, -0.2) is 39.1 Å². The van der Waals surface area contributed by atoms with Gasteiger partial charge in [-0.3, -0.25) is 14.8 Å². The Balaban J connectivity index is 1.66. The van der Waals surface area contributed by atoms with Crippen molar-refractivity contribution in [2.45, 2.75) is 71.3 Å². The summed E-state index contributed by atoms with van der Waals surface area (Å²) < 4.78 is 14.8. The van der Waals surface area contributed by atoms with Crippen LogP contribution in [-0.2, 0) is 29.0 Å². The smallest absolute Gasteiger partial charge is 0.233 e. The minimum absolute atomic E-state index is 0.0223. The summed E-state index contributed by atoms with van der Waals surface area (Å²) in [5, 5.41) is 12.9. The first-order valence-electron chi connectivity index (χ1n) is 10.7. The summed E-state index contributed by atoms with van der Waals surface area (Å²) in [6.45, 7) is 1.83. The average molecular weight is 407 g/mol. The highest BCUT2D eigenvalue weighted by Crippen LogP contribution is 2.33. The molecule has 0 aromatic carbocycles. The molecule has 0 saturated heterocycles. The summed E-state index contributed by atoms with van der Waals surface area (Å²) in [6, 6.07) is 0. The second kappa shape index (κ2) is 10.1. The summed E-state index contributed by atoms with van der Waals surface area (Å²) >= 11 is 0. The minimum Gasteiger partial charge on any atom is -0.350 e. The molecule has 0 radical (unpaired) electrons. The number of hydroxylamine groups is 2. The molecule has 29 heavy (non-hydrogen) atoms. The zero-order valence-corrected chi connectivity index (χ0v) is 17.1. The molecule has 0 spiro atoms. The molecule has 160 valence electrons. The van der Waals surface area contributed by atoms with Crippen LogP contribution < -0.4 is 5.32 Å². The van der Waals surface area contributed by atoms with Crippen molar-refractivity contribution in [3.05, 3.63) is 23.0 Å². The molecule has 0 aliphatic heterocycles. The molecule has 7 nitrogen and oxygen atoms in total. The van der Waals surface area contributed by atoms with Crippen LogP contribution in [0, 0.1) is 23.6 Å². The van der Waals surface area contributed by atoms with E-state index in [0.717, 1.165) is 38.5 Å². The molecule has 8 heteroatoms. The van der Waals surface area contributed by atoms with Crippen LogP contribution in [0.4, 0.5) is 4.39 Å². The molecule has 2 amide bonds. The number of rotatable bonds is 11. The van der Waals surface area contributed by atoms with Gasteiger partial charge in [0.25, 0.3) is 0 Å². The van der Waals surface area contributed by atoms with Gasteiger partial charge in [-0.15, -0.1) is 0 Å². The van der Waals surface area contributed by atoms with Gasteiger partial charge in [0.15, 0.2) is 5.82 Å². The number of halogens is 1. The molecule has 0 bridgehead atoms. The normalized spacial score (nSPS) is 17.9. The lowest BCUT2D eigenvalue weighted by molar-refractivity contribution is -0.155. The van der Waals surface area contributed by atoms with Crippen molar-refractivity contribution in [3.8, 4) is 0 Å². The van der Waals surface area contributed by atoms with Crippen LogP contribution in [0.2, 0.25) is 0 Å². The van der Waals surface area contributed by atoms with Crippen LogP contribution in [0.1, 0.15) is 69.1 Å². The molecule has 1 heterocycles. The number of hydrogen-bond donors (Lipinski definition) is 2.